The summed E-state index contributed by atoms with van der Waals surface area (Å²) < 4.78 is 14.6. The normalized spacial score (nSPS) is 26.4. The fraction of sp³-hybridized carbons (Fsp3) is 0.538. The number of alkyl halides is 1. The molecule has 0 saturated carbocycles. The van der Waals surface area contributed by atoms with Gasteiger partial charge in [-0.25, -0.2) is 4.39 Å². The Labute approximate surface area is 101 Å². The molecule has 0 aromatic heterocycles. The molecule has 0 radical (unpaired) electrons. The number of halogens is 2. The Hall–Kier alpha value is -0.600. The van der Waals surface area contributed by atoms with Crippen molar-refractivity contribution >= 4 is 11.6 Å². The molecule has 0 amide bonds. The third kappa shape index (κ3) is 2.96. The highest BCUT2D eigenvalue weighted by molar-refractivity contribution is 6.31. The van der Waals surface area contributed by atoms with Gasteiger partial charge in [-0.1, -0.05) is 29.8 Å². The van der Waals surface area contributed by atoms with Gasteiger partial charge in [0.15, 0.2) is 0 Å². The first-order valence-electron chi connectivity index (χ1n) is 5.83. The van der Waals surface area contributed by atoms with E-state index in [4.69, 9.17) is 11.6 Å². The minimum atomic E-state index is -1.09. The topological polar surface area (TPSA) is 12.0 Å². The lowest BCUT2D eigenvalue weighted by Crippen LogP contribution is -2.27. The van der Waals surface area contributed by atoms with E-state index in [1.807, 2.05) is 24.3 Å². The second-order valence-corrected chi connectivity index (χ2v) is 4.93. The van der Waals surface area contributed by atoms with Crippen molar-refractivity contribution in [3.8, 4) is 0 Å². The van der Waals surface area contributed by atoms with E-state index in [1.165, 1.54) is 0 Å². The van der Waals surface area contributed by atoms with Gasteiger partial charge in [0.1, 0.15) is 5.67 Å². The summed E-state index contributed by atoms with van der Waals surface area (Å²) in [6.45, 7) is 1.69. The van der Waals surface area contributed by atoms with Gasteiger partial charge in [-0.05, 0) is 44.0 Å². The average molecular weight is 242 g/mol. The number of nitrogens with one attached hydrogen (secondary N) is 1. The van der Waals surface area contributed by atoms with Crippen LogP contribution in [0.5, 0.6) is 0 Å². The molecule has 1 nitrogen and oxygen atoms in total. The molecule has 2 rings (SSSR count). The Bertz CT molecular complexity index is 346. The molecule has 1 N–H and O–H groups in total. The van der Waals surface area contributed by atoms with Crippen LogP contribution in [0.4, 0.5) is 4.39 Å². The van der Waals surface area contributed by atoms with E-state index in [-0.39, 0.29) is 0 Å². The van der Waals surface area contributed by atoms with Crippen molar-refractivity contribution in [2.75, 3.05) is 13.1 Å². The lowest BCUT2D eigenvalue weighted by atomic mass is 9.89. The van der Waals surface area contributed by atoms with Crippen molar-refractivity contribution in [2.45, 2.75) is 31.4 Å². The van der Waals surface area contributed by atoms with Gasteiger partial charge in [-0.3, -0.25) is 0 Å². The highest BCUT2D eigenvalue weighted by Crippen LogP contribution is 2.31. The van der Waals surface area contributed by atoms with Gasteiger partial charge in [0.25, 0.3) is 0 Å². The van der Waals surface area contributed by atoms with E-state index in [2.05, 4.69) is 5.32 Å². The fourth-order valence-corrected chi connectivity index (χ4v) is 2.46. The fourth-order valence-electron chi connectivity index (χ4n) is 2.25. The smallest absolute Gasteiger partial charge is 0.116 e. The van der Waals surface area contributed by atoms with Gasteiger partial charge in [-0.15, -0.1) is 0 Å². The van der Waals surface area contributed by atoms with Crippen molar-refractivity contribution in [3.05, 3.63) is 34.9 Å². The lowest BCUT2D eigenvalue weighted by Gasteiger charge is -2.23. The van der Waals surface area contributed by atoms with E-state index < -0.39 is 5.67 Å². The second-order valence-electron chi connectivity index (χ2n) is 4.52. The van der Waals surface area contributed by atoms with Crippen LogP contribution in [-0.2, 0) is 6.42 Å². The first-order chi connectivity index (χ1) is 7.70. The summed E-state index contributed by atoms with van der Waals surface area (Å²) in [6.07, 6.45) is 2.55. The summed E-state index contributed by atoms with van der Waals surface area (Å²) in [5, 5.41) is 3.91. The molecular weight excluding hydrogens is 225 g/mol. The average Bonchev–Trinajstić information content (AvgIpc) is 2.47. The SMILES string of the molecule is FC1(Cc2ccccc2Cl)CCCNCC1. The van der Waals surface area contributed by atoms with Crippen molar-refractivity contribution in [1.82, 2.24) is 5.32 Å². The molecule has 0 aliphatic carbocycles. The Balaban J connectivity index is 2.10. The third-order valence-corrected chi connectivity index (χ3v) is 3.56. The zero-order valence-electron chi connectivity index (χ0n) is 9.31. The predicted molar refractivity (Wildman–Crippen MR) is 65.7 cm³/mol. The van der Waals surface area contributed by atoms with E-state index in [1.54, 1.807) is 0 Å². The van der Waals surface area contributed by atoms with Crippen LogP contribution in [0.15, 0.2) is 24.3 Å². The maximum absolute atomic E-state index is 14.6. The summed E-state index contributed by atoms with van der Waals surface area (Å²) in [5.74, 6) is 0. The molecule has 0 spiro atoms. The van der Waals surface area contributed by atoms with Crippen LogP contribution < -0.4 is 5.32 Å². The monoisotopic (exact) mass is 241 g/mol. The molecule has 1 saturated heterocycles. The molecule has 1 heterocycles. The van der Waals surface area contributed by atoms with E-state index in [0.29, 0.717) is 24.3 Å². The molecule has 1 aromatic carbocycles. The maximum atomic E-state index is 14.6. The van der Waals surface area contributed by atoms with Gasteiger partial charge in [-0.2, -0.15) is 0 Å². The summed E-state index contributed by atoms with van der Waals surface area (Å²) in [5.41, 5.74) is -0.164. The number of hydrogen-bond donors (Lipinski definition) is 1. The van der Waals surface area contributed by atoms with E-state index >= 15 is 0 Å². The number of rotatable bonds is 2. The van der Waals surface area contributed by atoms with Crippen molar-refractivity contribution in [3.63, 3.8) is 0 Å². The first-order valence-corrected chi connectivity index (χ1v) is 6.20. The van der Waals surface area contributed by atoms with Crippen LogP contribution >= 0.6 is 11.6 Å². The standard InChI is InChI=1S/C13H17ClFN/c14-12-5-2-1-4-11(12)10-13(15)6-3-8-16-9-7-13/h1-2,4-5,16H,3,6-10H2. The molecule has 3 heteroatoms. The molecule has 88 valence electrons. The van der Waals surface area contributed by atoms with Crippen LogP contribution in [-0.4, -0.2) is 18.8 Å². The maximum Gasteiger partial charge on any atom is 0.116 e. The molecule has 1 unspecified atom stereocenters. The molecule has 0 bridgehead atoms. The zero-order valence-corrected chi connectivity index (χ0v) is 10.1. The Morgan fingerprint density at radius 3 is 2.88 bits per heavy atom. The van der Waals surface area contributed by atoms with Crippen LogP contribution in [0.3, 0.4) is 0 Å². The predicted octanol–water partition coefficient (Wildman–Crippen LogP) is 3.36. The van der Waals surface area contributed by atoms with Gasteiger partial charge in [0.2, 0.25) is 0 Å². The van der Waals surface area contributed by atoms with Crippen molar-refractivity contribution in [2.24, 2.45) is 0 Å². The van der Waals surface area contributed by atoms with Gasteiger partial charge in [0, 0.05) is 11.4 Å². The van der Waals surface area contributed by atoms with Gasteiger partial charge in [0.05, 0.1) is 0 Å². The first kappa shape index (κ1) is 11.9. The molecule has 1 fully saturated rings. The molecule has 1 aliphatic rings. The summed E-state index contributed by atoms with van der Waals surface area (Å²) >= 11 is 6.06. The summed E-state index contributed by atoms with van der Waals surface area (Å²) in [7, 11) is 0. The third-order valence-electron chi connectivity index (χ3n) is 3.19. The molecule has 16 heavy (non-hydrogen) atoms. The molecular formula is C13H17ClFN. The Morgan fingerprint density at radius 2 is 2.06 bits per heavy atom. The van der Waals surface area contributed by atoms with Crippen LogP contribution in [0, 0.1) is 0 Å². The van der Waals surface area contributed by atoms with Crippen molar-refractivity contribution in [1.29, 1.82) is 0 Å². The van der Waals surface area contributed by atoms with E-state index in [0.717, 1.165) is 25.1 Å². The summed E-state index contributed by atoms with van der Waals surface area (Å²) in [4.78, 5) is 0. The largest absolute Gasteiger partial charge is 0.317 e. The molecule has 1 aromatic rings. The molecule has 1 aliphatic heterocycles. The highest BCUT2D eigenvalue weighted by atomic mass is 35.5. The molecule has 1 atom stereocenters. The Morgan fingerprint density at radius 1 is 1.25 bits per heavy atom. The number of benzene rings is 1. The minimum absolute atomic E-state index is 0.439. The van der Waals surface area contributed by atoms with Crippen LogP contribution in [0.25, 0.3) is 0 Å². The minimum Gasteiger partial charge on any atom is -0.317 e. The van der Waals surface area contributed by atoms with E-state index in [9.17, 15) is 4.39 Å². The lowest BCUT2D eigenvalue weighted by molar-refractivity contribution is 0.144. The Kier molecular flexibility index (Phi) is 3.82. The van der Waals surface area contributed by atoms with Gasteiger partial charge >= 0.3 is 0 Å². The van der Waals surface area contributed by atoms with Gasteiger partial charge < -0.3 is 5.32 Å². The van der Waals surface area contributed by atoms with Crippen molar-refractivity contribution < 1.29 is 4.39 Å². The highest BCUT2D eigenvalue weighted by Gasteiger charge is 2.31. The summed E-state index contributed by atoms with van der Waals surface area (Å²) in [6, 6.07) is 7.54. The number of hydrogen-bond acceptors (Lipinski definition) is 1. The van der Waals surface area contributed by atoms with Crippen LogP contribution in [0.2, 0.25) is 5.02 Å². The van der Waals surface area contributed by atoms with Crippen LogP contribution in [0.1, 0.15) is 24.8 Å². The zero-order chi connectivity index (χ0) is 11.4. The quantitative estimate of drug-likeness (QED) is 0.837. The second kappa shape index (κ2) is 5.15.